The van der Waals surface area contributed by atoms with Crippen LogP contribution < -0.4 is 0 Å². The highest BCUT2D eigenvalue weighted by atomic mass is 16.8. The van der Waals surface area contributed by atoms with Crippen LogP contribution in [0.3, 0.4) is 0 Å². The van der Waals surface area contributed by atoms with Gasteiger partial charge in [0, 0.05) is 5.41 Å². The zero-order valence-electron chi connectivity index (χ0n) is 12.0. The summed E-state index contributed by atoms with van der Waals surface area (Å²) in [5.41, 5.74) is -0.786. The summed E-state index contributed by atoms with van der Waals surface area (Å²) >= 11 is 0. The number of hydrogen-bond donors (Lipinski definition) is 0. The molecule has 0 spiro atoms. The van der Waals surface area contributed by atoms with Crippen LogP contribution in [0.2, 0.25) is 0 Å². The smallest absolute Gasteiger partial charge is 0.163 e. The first kappa shape index (κ1) is 14.0. The minimum atomic E-state index is -0.532. The van der Waals surface area contributed by atoms with Crippen molar-refractivity contribution in [3.05, 3.63) is 0 Å². The SMILES string of the molecule is CC1(C)OC[C@@H]([C@]2(C)CC[C@@H](C(C)(C)C=O)O2)O1. The summed E-state index contributed by atoms with van der Waals surface area (Å²) in [4.78, 5) is 11.1. The molecule has 104 valence electrons. The molecule has 4 nitrogen and oxygen atoms in total. The van der Waals surface area contributed by atoms with Crippen LogP contribution in [0.1, 0.15) is 47.5 Å². The van der Waals surface area contributed by atoms with Crippen LogP contribution in [-0.2, 0) is 19.0 Å². The Labute approximate surface area is 109 Å². The fraction of sp³-hybridized carbons (Fsp3) is 0.929. The van der Waals surface area contributed by atoms with E-state index in [1.807, 2.05) is 27.7 Å². The molecule has 0 radical (unpaired) electrons. The Morgan fingerprint density at radius 2 is 1.89 bits per heavy atom. The second-order valence-corrected chi connectivity index (χ2v) is 6.71. The highest BCUT2D eigenvalue weighted by molar-refractivity contribution is 5.59. The van der Waals surface area contributed by atoms with E-state index in [0.29, 0.717) is 6.61 Å². The number of rotatable bonds is 3. The molecule has 0 aromatic rings. The lowest BCUT2D eigenvalue weighted by atomic mass is 9.86. The van der Waals surface area contributed by atoms with Gasteiger partial charge in [-0.1, -0.05) is 13.8 Å². The molecule has 2 rings (SSSR count). The standard InChI is InChI=1S/C14H24O4/c1-12(2,9-15)10-6-7-14(5,18-10)11-8-16-13(3,4)17-11/h9-11H,6-8H2,1-5H3/t10-,11-,14-/m0/s1. The molecule has 2 heterocycles. The number of ether oxygens (including phenoxy) is 3. The van der Waals surface area contributed by atoms with Crippen LogP contribution in [0, 0.1) is 5.41 Å². The molecule has 2 fully saturated rings. The molecule has 4 heteroatoms. The van der Waals surface area contributed by atoms with Gasteiger partial charge in [0.25, 0.3) is 0 Å². The molecule has 0 aromatic heterocycles. The Morgan fingerprint density at radius 1 is 1.22 bits per heavy atom. The van der Waals surface area contributed by atoms with E-state index in [4.69, 9.17) is 14.2 Å². The van der Waals surface area contributed by atoms with Gasteiger partial charge in [-0.05, 0) is 33.6 Å². The monoisotopic (exact) mass is 256 g/mol. The Kier molecular flexibility index (Phi) is 3.33. The van der Waals surface area contributed by atoms with Gasteiger partial charge in [0.15, 0.2) is 5.79 Å². The number of carbonyl (C=O) groups is 1. The largest absolute Gasteiger partial charge is 0.368 e. The number of hydrogen-bond acceptors (Lipinski definition) is 4. The van der Waals surface area contributed by atoms with Crippen LogP contribution in [0.25, 0.3) is 0 Å². The van der Waals surface area contributed by atoms with E-state index < -0.39 is 11.2 Å². The highest BCUT2D eigenvalue weighted by Crippen LogP contribution is 2.43. The first-order valence-electron chi connectivity index (χ1n) is 6.64. The normalized spacial score (nSPS) is 40.1. The fourth-order valence-corrected chi connectivity index (χ4v) is 2.69. The average Bonchev–Trinajstić information content (AvgIpc) is 2.83. The van der Waals surface area contributed by atoms with Crippen LogP contribution in [-0.4, -0.2) is 36.5 Å². The Bertz CT molecular complexity index is 337. The van der Waals surface area contributed by atoms with E-state index in [0.717, 1.165) is 19.1 Å². The molecule has 0 saturated carbocycles. The second kappa shape index (κ2) is 4.29. The lowest BCUT2D eigenvalue weighted by Crippen LogP contribution is -2.44. The molecule has 0 amide bonds. The molecular weight excluding hydrogens is 232 g/mol. The molecule has 18 heavy (non-hydrogen) atoms. The maximum Gasteiger partial charge on any atom is 0.163 e. The molecular formula is C14H24O4. The molecule has 0 bridgehead atoms. The van der Waals surface area contributed by atoms with E-state index in [9.17, 15) is 4.79 Å². The molecule has 3 atom stereocenters. The van der Waals surface area contributed by atoms with E-state index in [2.05, 4.69) is 6.92 Å². The third-order valence-electron chi connectivity index (χ3n) is 4.14. The predicted molar refractivity (Wildman–Crippen MR) is 67.3 cm³/mol. The lowest BCUT2D eigenvalue weighted by Gasteiger charge is -2.33. The second-order valence-electron chi connectivity index (χ2n) is 6.71. The van der Waals surface area contributed by atoms with Crippen molar-refractivity contribution in [2.45, 2.75) is 71.1 Å². The third kappa shape index (κ3) is 2.46. The Hall–Kier alpha value is -0.450. The summed E-state index contributed by atoms with van der Waals surface area (Å²) in [5.74, 6) is -0.532. The van der Waals surface area contributed by atoms with Gasteiger partial charge in [-0.3, -0.25) is 0 Å². The van der Waals surface area contributed by atoms with Gasteiger partial charge >= 0.3 is 0 Å². The average molecular weight is 256 g/mol. The first-order chi connectivity index (χ1) is 8.19. The van der Waals surface area contributed by atoms with E-state index in [1.165, 1.54) is 0 Å². The van der Waals surface area contributed by atoms with Crippen LogP contribution in [0.15, 0.2) is 0 Å². The first-order valence-corrected chi connectivity index (χ1v) is 6.64. The minimum Gasteiger partial charge on any atom is -0.368 e. The summed E-state index contributed by atoms with van der Waals surface area (Å²) in [6.07, 6.45) is 2.69. The lowest BCUT2D eigenvalue weighted by molar-refractivity contribution is -0.182. The Balaban J connectivity index is 2.05. The maximum absolute atomic E-state index is 11.1. The van der Waals surface area contributed by atoms with Crippen LogP contribution in [0.4, 0.5) is 0 Å². The highest BCUT2D eigenvalue weighted by Gasteiger charge is 2.51. The quantitative estimate of drug-likeness (QED) is 0.727. The van der Waals surface area contributed by atoms with Crippen molar-refractivity contribution in [3.63, 3.8) is 0 Å². The van der Waals surface area contributed by atoms with Crippen molar-refractivity contribution in [2.75, 3.05) is 6.61 Å². The van der Waals surface area contributed by atoms with Crippen LogP contribution >= 0.6 is 0 Å². The van der Waals surface area contributed by atoms with Crippen LogP contribution in [0.5, 0.6) is 0 Å². The summed E-state index contributed by atoms with van der Waals surface area (Å²) in [6, 6.07) is 0. The van der Waals surface area contributed by atoms with Crippen molar-refractivity contribution >= 4 is 6.29 Å². The van der Waals surface area contributed by atoms with Gasteiger partial charge < -0.3 is 19.0 Å². The third-order valence-corrected chi connectivity index (χ3v) is 4.14. The molecule has 0 aliphatic carbocycles. The number of aldehydes is 1. The Morgan fingerprint density at radius 3 is 2.39 bits per heavy atom. The molecule has 2 saturated heterocycles. The maximum atomic E-state index is 11.1. The van der Waals surface area contributed by atoms with Crippen molar-refractivity contribution in [3.8, 4) is 0 Å². The summed E-state index contributed by atoms with van der Waals surface area (Å²) in [7, 11) is 0. The molecule has 2 aliphatic heterocycles. The van der Waals surface area contributed by atoms with Crippen molar-refractivity contribution < 1.29 is 19.0 Å². The minimum absolute atomic E-state index is 0.0349. The summed E-state index contributed by atoms with van der Waals surface area (Å²) in [5, 5.41) is 0. The van der Waals surface area contributed by atoms with Crippen molar-refractivity contribution in [1.82, 2.24) is 0 Å². The number of carbonyl (C=O) groups excluding carboxylic acids is 1. The van der Waals surface area contributed by atoms with Gasteiger partial charge in [-0.25, -0.2) is 0 Å². The van der Waals surface area contributed by atoms with E-state index in [1.54, 1.807) is 0 Å². The predicted octanol–water partition coefficient (Wildman–Crippen LogP) is 2.30. The van der Waals surface area contributed by atoms with Gasteiger partial charge in [0.1, 0.15) is 12.4 Å². The summed E-state index contributed by atoms with van der Waals surface area (Å²) in [6.45, 7) is 10.3. The van der Waals surface area contributed by atoms with Gasteiger partial charge in [0.2, 0.25) is 0 Å². The van der Waals surface area contributed by atoms with E-state index >= 15 is 0 Å². The van der Waals surface area contributed by atoms with Gasteiger partial charge in [0.05, 0.1) is 18.3 Å². The van der Waals surface area contributed by atoms with Gasteiger partial charge in [-0.2, -0.15) is 0 Å². The zero-order chi connectivity index (χ0) is 13.6. The molecule has 0 unspecified atom stereocenters. The topological polar surface area (TPSA) is 44.8 Å². The molecule has 2 aliphatic rings. The molecule has 0 aromatic carbocycles. The van der Waals surface area contributed by atoms with E-state index in [-0.39, 0.29) is 17.8 Å². The fourth-order valence-electron chi connectivity index (χ4n) is 2.69. The molecule has 0 N–H and O–H groups in total. The zero-order valence-corrected chi connectivity index (χ0v) is 12.0. The summed E-state index contributed by atoms with van der Waals surface area (Å²) < 4.78 is 17.6. The van der Waals surface area contributed by atoms with Crippen molar-refractivity contribution in [2.24, 2.45) is 5.41 Å². The van der Waals surface area contributed by atoms with Gasteiger partial charge in [-0.15, -0.1) is 0 Å². The van der Waals surface area contributed by atoms with Crippen molar-refractivity contribution in [1.29, 1.82) is 0 Å².